The smallest absolute Gasteiger partial charge is 0.0656 e. The molecule has 0 saturated carbocycles. The molecule has 3 aromatic carbocycles. The normalized spacial score (nSPS) is 16.9. The summed E-state index contributed by atoms with van der Waals surface area (Å²) < 4.78 is 0. The van der Waals surface area contributed by atoms with E-state index < -0.39 is 32.3 Å². The number of benzene rings is 3. The molecule has 1 aliphatic carbocycles. The third-order valence-electron chi connectivity index (χ3n) is 10.7. The number of allylic oxidation sites excluding steroid dienone is 4. The lowest BCUT2D eigenvalue weighted by Gasteiger charge is -2.43. The second-order valence-corrected chi connectivity index (χ2v) is 35.3. The Hall–Kier alpha value is -1.99. The molecule has 4 heteroatoms. The van der Waals surface area contributed by atoms with E-state index in [0.29, 0.717) is 5.92 Å². The third-order valence-corrected chi connectivity index (χ3v) is 22.8. The summed E-state index contributed by atoms with van der Waals surface area (Å²) in [7, 11) is -7.53. The maximum Gasteiger partial charge on any atom is 0.177 e. The van der Waals surface area contributed by atoms with Crippen LogP contribution in [0.5, 0.6) is 0 Å². The summed E-state index contributed by atoms with van der Waals surface area (Å²) >= 11 is 0. The molecule has 0 bridgehead atoms. The second-order valence-electron chi connectivity index (χ2n) is 16.5. The Bertz CT molecular complexity index is 1480. The van der Waals surface area contributed by atoms with Gasteiger partial charge in [-0.15, -0.1) is 0 Å². The zero-order chi connectivity index (χ0) is 32.4. The first-order valence-corrected chi connectivity index (χ1v) is 28.9. The first-order valence-electron chi connectivity index (χ1n) is 16.4. The molecule has 0 N–H and O–H groups in total. The van der Waals surface area contributed by atoms with Gasteiger partial charge in [0.25, 0.3) is 0 Å². The minimum absolute atomic E-state index is 0.423. The van der Waals surface area contributed by atoms with Gasteiger partial charge in [0.05, 0.1) is 24.2 Å². The number of rotatable bonds is 7. The fourth-order valence-corrected chi connectivity index (χ4v) is 20.8. The van der Waals surface area contributed by atoms with Crippen LogP contribution < -0.4 is 31.1 Å². The predicted octanol–water partition coefficient (Wildman–Crippen LogP) is 7.56. The molecule has 1 unspecified atom stereocenters. The molecule has 0 nitrogen and oxygen atoms in total. The van der Waals surface area contributed by atoms with Gasteiger partial charge in [-0.25, -0.2) is 0 Å². The monoisotopic (exact) mass is 638 g/mol. The van der Waals surface area contributed by atoms with Crippen LogP contribution in [0, 0.1) is 26.7 Å². The van der Waals surface area contributed by atoms with Crippen molar-refractivity contribution in [3.8, 4) is 0 Å². The first kappa shape index (κ1) is 33.9. The van der Waals surface area contributed by atoms with E-state index in [0.717, 1.165) is 0 Å². The average molecular weight is 639 g/mol. The minimum atomic E-state index is -2.76. The van der Waals surface area contributed by atoms with Crippen molar-refractivity contribution in [3.63, 3.8) is 0 Å². The molecule has 3 aromatic rings. The van der Waals surface area contributed by atoms with Gasteiger partial charge in [0.2, 0.25) is 0 Å². The highest BCUT2D eigenvalue weighted by Crippen LogP contribution is 2.42. The van der Waals surface area contributed by atoms with E-state index in [2.05, 4.69) is 162 Å². The molecule has 1 aliphatic rings. The van der Waals surface area contributed by atoms with Crippen molar-refractivity contribution in [2.45, 2.75) is 107 Å². The van der Waals surface area contributed by atoms with Crippen LogP contribution in [0.1, 0.15) is 44.4 Å². The summed E-state index contributed by atoms with van der Waals surface area (Å²) in [5.41, 5.74) is 9.28. The third kappa shape index (κ3) is 5.55. The molecule has 0 radical (unpaired) electrons. The highest BCUT2D eigenvalue weighted by atomic mass is 28.3. The van der Waals surface area contributed by atoms with E-state index in [9.17, 15) is 0 Å². The Morgan fingerprint density at radius 1 is 0.419 bits per heavy atom. The molecule has 0 heterocycles. The lowest BCUT2D eigenvalue weighted by molar-refractivity contribution is 0.851. The standard InChI is InChI=1S/C39H58Si4/c1-26-27(2)29(4)39(28(26)3)43(36-23-17-20-33(30(36)5)40(8,9)10,37-24-18-21-34(31(37)6)41(11,12)13)38-25-19-22-35(32(38)7)42(14,15)16/h17-25,28H,1-16H3. The largest absolute Gasteiger partial charge is 0.177 e. The molecule has 0 spiro atoms. The zero-order valence-corrected chi connectivity index (χ0v) is 34.3. The van der Waals surface area contributed by atoms with Gasteiger partial charge in [-0.3, -0.25) is 0 Å². The van der Waals surface area contributed by atoms with Gasteiger partial charge in [0.1, 0.15) is 0 Å². The molecule has 43 heavy (non-hydrogen) atoms. The van der Waals surface area contributed by atoms with Crippen LogP contribution in [0.3, 0.4) is 0 Å². The van der Waals surface area contributed by atoms with Gasteiger partial charge in [-0.2, -0.15) is 0 Å². The summed E-state index contributed by atoms with van der Waals surface area (Å²) in [5, 5.41) is 11.5. The highest BCUT2D eigenvalue weighted by molar-refractivity contribution is 7.17. The van der Waals surface area contributed by atoms with Crippen molar-refractivity contribution < 1.29 is 0 Å². The lowest BCUT2D eigenvalue weighted by Crippen LogP contribution is -2.73. The SMILES string of the molecule is CC1=C(C)C(C)C([Si](c2cccc([Si](C)(C)C)c2C)(c2cccc([Si](C)(C)C)c2C)c2cccc([Si](C)(C)C)c2C)=C1C. The maximum atomic E-state index is 2.56. The second kappa shape index (κ2) is 11.4. The number of hydrogen-bond acceptors (Lipinski definition) is 0. The van der Waals surface area contributed by atoms with Crippen LogP contribution in [0.2, 0.25) is 58.9 Å². The van der Waals surface area contributed by atoms with E-state index in [1.54, 1.807) is 64.2 Å². The van der Waals surface area contributed by atoms with Crippen LogP contribution in [-0.4, -0.2) is 32.3 Å². The molecule has 0 amide bonds. The topological polar surface area (TPSA) is 0 Å². The lowest BCUT2D eigenvalue weighted by atomic mass is 10.1. The van der Waals surface area contributed by atoms with Crippen molar-refractivity contribution in [1.29, 1.82) is 0 Å². The summed E-state index contributed by atoms with van der Waals surface area (Å²) in [6.07, 6.45) is 0. The van der Waals surface area contributed by atoms with Gasteiger partial charge in [0, 0.05) is 0 Å². The van der Waals surface area contributed by atoms with Crippen LogP contribution in [0.4, 0.5) is 0 Å². The van der Waals surface area contributed by atoms with Crippen molar-refractivity contribution >= 4 is 63.4 Å². The van der Waals surface area contributed by atoms with Gasteiger partial charge >= 0.3 is 0 Å². The average Bonchev–Trinajstić information content (AvgIpc) is 3.07. The Labute approximate surface area is 268 Å². The van der Waals surface area contributed by atoms with Crippen molar-refractivity contribution in [2.75, 3.05) is 0 Å². The summed E-state index contributed by atoms with van der Waals surface area (Å²) in [4.78, 5) is 0. The van der Waals surface area contributed by atoms with Gasteiger partial charge in [-0.1, -0.05) is 169 Å². The summed E-state index contributed by atoms with van der Waals surface area (Å²) in [6, 6.07) is 22.3. The minimum Gasteiger partial charge on any atom is -0.0656 e. The van der Waals surface area contributed by atoms with Gasteiger partial charge in [0.15, 0.2) is 8.07 Å². The van der Waals surface area contributed by atoms with E-state index in [1.807, 2.05) is 0 Å². The number of hydrogen-bond donors (Lipinski definition) is 0. The Morgan fingerprint density at radius 2 is 0.698 bits per heavy atom. The van der Waals surface area contributed by atoms with Gasteiger partial charge < -0.3 is 0 Å². The molecule has 230 valence electrons. The van der Waals surface area contributed by atoms with Crippen molar-refractivity contribution in [1.82, 2.24) is 0 Å². The van der Waals surface area contributed by atoms with Crippen LogP contribution in [0.15, 0.2) is 76.5 Å². The summed E-state index contributed by atoms with van der Waals surface area (Å²) in [5.74, 6) is 0.423. The molecule has 0 fully saturated rings. The van der Waals surface area contributed by atoms with E-state index in [4.69, 9.17) is 0 Å². The Balaban J connectivity index is 2.41. The van der Waals surface area contributed by atoms with E-state index in [1.165, 1.54) is 5.57 Å². The van der Waals surface area contributed by atoms with Crippen molar-refractivity contribution in [2.24, 2.45) is 5.92 Å². The maximum absolute atomic E-state index is 2.76. The van der Waals surface area contributed by atoms with Crippen molar-refractivity contribution in [3.05, 3.63) is 93.2 Å². The molecule has 0 aromatic heterocycles. The quantitative estimate of drug-likeness (QED) is 0.185. The van der Waals surface area contributed by atoms with E-state index in [-0.39, 0.29) is 0 Å². The van der Waals surface area contributed by atoms with E-state index >= 15 is 0 Å². The van der Waals surface area contributed by atoms with Crippen LogP contribution in [0.25, 0.3) is 0 Å². The van der Waals surface area contributed by atoms with Crippen LogP contribution in [-0.2, 0) is 0 Å². The molecular weight excluding hydrogens is 581 g/mol. The zero-order valence-electron chi connectivity index (χ0n) is 30.3. The Kier molecular flexibility index (Phi) is 9.00. The Morgan fingerprint density at radius 3 is 0.930 bits per heavy atom. The molecule has 4 rings (SSSR count). The molecular formula is C39H58Si4. The summed E-state index contributed by atoms with van der Waals surface area (Å²) in [6.45, 7) is 39.9. The fourth-order valence-electron chi connectivity index (χ4n) is 8.40. The fraction of sp³-hybridized carbons (Fsp3) is 0.436. The highest BCUT2D eigenvalue weighted by Gasteiger charge is 2.51. The molecule has 0 saturated heterocycles. The first-order chi connectivity index (χ1) is 19.7. The molecule has 1 atom stereocenters. The predicted molar refractivity (Wildman–Crippen MR) is 207 cm³/mol. The molecule has 0 aliphatic heterocycles. The van der Waals surface area contributed by atoms with Gasteiger partial charge in [-0.05, 0) is 68.6 Å². The van der Waals surface area contributed by atoms with Crippen LogP contribution >= 0.6 is 0 Å².